The highest BCUT2D eigenvalue weighted by Crippen LogP contribution is 2.39. The average Bonchev–Trinajstić information content (AvgIpc) is 2.99. The van der Waals surface area contributed by atoms with Crippen LogP contribution >= 0.6 is 0 Å². The molecule has 1 fully saturated rings. The molecule has 0 aromatic carbocycles. The Morgan fingerprint density at radius 1 is 1.67 bits per heavy atom. The van der Waals surface area contributed by atoms with Crippen LogP contribution in [-0.2, 0) is 0 Å². The molecule has 80 valence electrons. The van der Waals surface area contributed by atoms with Gasteiger partial charge in [0.2, 0.25) is 0 Å². The number of carboxylic acids is 1. The Kier molecular flexibility index (Phi) is 2.40. The summed E-state index contributed by atoms with van der Waals surface area (Å²) in [7, 11) is 0. The van der Waals surface area contributed by atoms with Crippen molar-refractivity contribution < 1.29 is 14.3 Å². The maximum Gasteiger partial charge on any atom is 0.357 e. The van der Waals surface area contributed by atoms with Crippen LogP contribution in [0.15, 0.2) is 12.3 Å². The van der Waals surface area contributed by atoms with E-state index in [1.807, 2.05) is 0 Å². The van der Waals surface area contributed by atoms with Gasteiger partial charge in [-0.3, -0.25) is 0 Å². The highest BCUT2D eigenvalue weighted by molar-refractivity contribution is 5.85. The number of pyridine rings is 1. The average molecular weight is 210 g/mol. The largest absolute Gasteiger partial charge is 0.476 e. The molecule has 1 aliphatic carbocycles. The van der Waals surface area contributed by atoms with Crippen LogP contribution in [0.1, 0.15) is 34.9 Å². The van der Waals surface area contributed by atoms with E-state index in [1.165, 1.54) is 12.3 Å². The van der Waals surface area contributed by atoms with E-state index < -0.39 is 17.5 Å². The number of rotatable bonds is 3. The second kappa shape index (κ2) is 3.58. The fourth-order valence-corrected chi connectivity index (χ4v) is 1.52. The molecule has 1 unspecified atom stereocenters. The van der Waals surface area contributed by atoms with Crippen molar-refractivity contribution in [3.8, 4) is 0 Å². The molecule has 3 N–H and O–H groups in total. The van der Waals surface area contributed by atoms with Crippen LogP contribution in [0.2, 0.25) is 0 Å². The smallest absolute Gasteiger partial charge is 0.357 e. The van der Waals surface area contributed by atoms with Gasteiger partial charge in [0.05, 0.1) is 0 Å². The van der Waals surface area contributed by atoms with Gasteiger partial charge in [-0.25, -0.2) is 14.2 Å². The fraction of sp³-hybridized carbons (Fsp3) is 0.400. The Bertz CT molecular complexity index is 404. The topological polar surface area (TPSA) is 76.2 Å². The van der Waals surface area contributed by atoms with E-state index in [0.29, 0.717) is 11.5 Å². The van der Waals surface area contributed by atoms with E-state index >= 15 is 0 Å². The lowest BCUT2D eigenvalue weighted by Gasteiger charge is -2.10. The number of halogens is 1. The van der Waals surface area contributed by atoms with Crippen LogP contribution < -0.4 is 5.73 Å². The Balaban J connectivity index is 2.28. The standard InChI is InChI=1S/C10H11FN2O2/c11-7-3-6(8(12)5-1-2-5)4-13-9(7)10(14)15/h3-5,8H,1-2,12H2,(H,14,15). The first kappa shape index (κ1) is 10.0. The Morgan fingerprint density at radius 3 is 2.80 bits per heavy atom. The number of hydrogen-bond donors (Lipinski definition) is 2. The third-order valence-corrected chi connectivity index (χ3v) is 2.58. The number of nitrogens with two attached hydrogens (primary N) is 1. The molecule has 2 rings (SSSR count). The number of carboxylic acid groups (broad SMARTS) is 1. The van der Waals surface area contributed by atoms with Gasteiger partial charge in [-0.2, -0.15) is 0 Å². The van der Waals surface area contributed by atoms with Crippen molar-refractivity contribution in [2.24, 2.45) is 11.7 Å². The minimum absolute atomic E-state index is 0.227. The molecule has 0 amide bonds. The van der Waals surface area contributed by atoms with Crippen LogP contribution in [0.25, 0.3) is 0 Å². The lowest BCUT2D eigenvalue weighted by Crippen LogP contribution is -2.14. The summed E-state index contributed by atoms with van der Waals surface area (Å²) in [5.41, 5.74) is 5.86. The van der Waals surface area contributed by atoms with Crippen molar-refractivity contribution in [1.29, 1.82) is 0 Å². The number of carbonyl (C=O) groups is 1. The Labute approximate surface area is 85.9 Å². The Morgan fingerprint density at radius 2 is 2.33 bits per heavy atom. The first-order chi connectivity index (χ1) is 7.09. The maximum atomic E-state index is 13.2. The number of hydrogen-bond acceptors (Lipinski definition) is 3. The summed E-state index contributed by atoms with van der Waals surface area (Å²) in [6.45, 7) is 0. The van der Waals surface area contributed by atoms with Crippen LogP contribution in [0, 0.1) is 11.7 Å². The van der Waals surface area contributed by atoms with Crippen molar-refractivity contribution in [1.82, 2.24) is 4.98 Å². The summed E-state index contributed by atoms with van der Waals surface area (Å²) in [5.74, 6) is -1.79. The second-order valence-electron chi connectivity index (χ2n) is 3.77. The molecule has 1 aromatic heterocycles. The van der Waals surface area contributed by atoms with Gasteiger partial charge in [-0.05, 0) is 30.4 Å². The van der Waals surface area contributed by atoms with Crippen LogP contribution in [0.4, 0.5) is 4.39 Å². The number of nitrogens with zero attached hydrogens (tertiary/aromatic N) is 1. The van der Waals surface area contributed by atoms with Gasteiger partial charge in [0.15, 0.2) is 11.5 Å². The Hall–Kier alpha value is -1.49. The predicted octanol–water partition coefficient (Wildman–Crippen LogP) is 1.33. The third kappa shape index (κ3) is 1.97. The van der Waals surface area contributed by atoms with Crippen LogP contribution in [0.5, 0.6) is 0 Å². The molecule has 1 atom stereocenters. The normalized spacial score (nSPS) is 17.5. The van der Waals surface area contributed by atoms with E-state index in [9.17, 15) is 9.18 Å². The van der Waals surface area contributed by atoms with Crippen LogP contribution in [0.3, 0.4) is 0 Å². The zero-order valence-electron chi connectivity index (χ0n) is 7.98. The lowest BCUT2D eigenvalue weighted by atomic mass is 10.1. The van der Waals surface area contributed by atoms with E-state index in [4.69, 9.17) is 10.8 Å². The fourth-order valence-electron chi connectivity index (χ4n) is 1.52. The summed E-state index contributed by atoms with van der Waals surface area (Å²) in [4.78, 5) is 14.1. The molecule has 0 spiro atoms. The van der Waals surface area contributed by atoms with Gasteiger partial charge in [0, 0.05) is 12.2 Å². The van der Waals surface area contributed by atoms with Crippen molar-refractivity contribution >= 4 is 5.97 Å². The minimum atomic E-state index is -1.36. The van der Waals surface area contributed by atoms with Gasteiger partial charge in [0.25, 0.3) is 0 Å². The summed E-state index contributed by atoms with van der Waals surface area (Å²) in [6, 6.07) is 0.939. The van der Waals surface area contributed by atoms with Crippen molar-refractivity contribution in [3.05, 3.63) is 29.3 Å². The summed E-state index contributed by atoms with van der Waals surface area (Å²) >= 11 is 0. The molecule has 15 heavy (non-hydrogen) atoms. The zero-order chi connectivity index (χ0) is 11.0. The molecule has 0 radical (unpaired) electrons. The summed E-state index contributed by atoms with van der Waals surface area (Å²) in [5, 5.41) is 8.58. The minimum Gasteiger partial charge on any atom is -0.476 e. The quantitative estimate of drug-likeness (QED) is 0.789. The van der Waals surface area contributed by atoms with Gasteiger partial charge >= 0.3 is 5.97 Å². The molecule has 4 nitrogen and oxygen atoms in total. The monoisotopic (exact) mass is 210 g/mol. The van der Waals surface area contributed by atoms with Gasteiger partial charge in [-0.1, -0.05) is 0 Å². The molecule has 1 heterocycles. The molecule has 1 saturated carbocycles. The molecular weight excluding hydrogens is 199 g/mol. The van der Waals surface area contributed by atoms with E-state index in [0.717, 1.165) is 12.8 Å². The lowest BCUT2D eigenvalue weighted by molar-refractivity contribution is 0.0685. The third-order valence-electron chi connectivity index (χ3n) is 2.58. The molecule has 1 aliphatic rings. The molecular formula is C10H11FN2O2. The zero-order valence-corrected chi connectivity index (χ0v) is 7.98. The van der Waals surface area contributed by atoms with Crippen molar-refractivity contribution in [3.63, 3.8) is 0 Å². The molecule has 0 bridgehead atoms. The molecule has 5 heteroatoms. The second-order valence-corrected chi connectivity index (χ2v) is 3.77. The number of aromatic nitrogens is 1. The van der Waals surface area contributed by atoms with Gasteiger partial charge in [0.1, 0.15) is 0 Å². The van der Waals surface area contributed by atoms with Crippen molar-refractivity contribution in [2.45, 2.75) is 18.9 Å². The maximum absolute atomic E-state index is 13.2. The molecule has 1 aromatic rings. The highest BCUT2D eigenvalue weighted by atomic mass is 19.1. The van der Waals surface area contributed by atoms with E-state index in [2.05, 4.69) is 4.98 Å². The first-order valence-corrected chi connectivity index (χ1v) is 4.74. The van der Waals surface area contributed by atoms with Crippen LogP contribution in [-0.4, -0.2) is 16.1 Å². The van der Waals surface area contributed by atoms with E-state index in [1.54, 1.807) is 0 Å². The van der Waals surface area contributed by atoms with Crippen molar-refractivity contribution in [2.75, 3.05) is 0 Å². The van der Waals surface area contributed by atoms with Gasteiger partial charge in [-0.15, -0.1) is 0 Å². The predicted molar refractivity (Wildman–Crippen MR) is 50.8 cm³/mol. The summed E-state index contributed by atoms with van der Waals surface area (Å²) in [6.07, 6.45) is 3.43. The first-order valence-electron chi connectivity index (χ1n) is 4.74. The van der Waals surface area contributed by atoms with E-state index in [-0.39, 0.29) is 6.04 Å². The summed E-state index contributed by atoms with van der Waals surface area (Å²) < 4.78 is 13.2. The number of aromatic carboxylic acids is 1. The molecule has 0 aliphatic heterocycles. The molecule has 0 saturated heterocycles. The van der Waals surface area contributed by atoms with Gasteiger partial charge < -0.3 is 10.8 Å². The highest BCUT2D eigenvalue weighted by Gasteiger charge is 2.30. The SMILES string of the molecule is NC(c1cnc(C(=O)O)c(F)c1)C1CC1.